The predicted molar refractivity (Wildman–Crippen MR) is 96.7 cm³/mol. The molecule has 0 radical (unpaired) electrons. The van der Waals surface area contributed by atoms with Crippen LogP contribution in [0.4, 0.5) is 5.82 Å². The molecule has 0 fully saturated rings. The van der Waals surface area contributed by atoms with E-state index in [1.165, 1.54) is 0 Å². The SMILES string of the molecule is C/C=C/CC(=O)NCc1cccnc1N(C)CCc1ccccn1. The van der Waals surface area contributed by atoms with Crippen LogP contribution in [0, 0.1) is 0 Å². The zero-order valence-corrected chi connectivity index (χ0v) is 14.3. The lowest BCUT2D eigenvalue weighted by atomic mass is 10.2. The molecule has 0 aliphatic carbocycles. The van der Waals surface area contributed by atoms with Gasteiger partial charge in [0.05, 0.1) is 0 Å². The molecule has 0 atom stereocenters. The third-order valence-corrected chi connectivity index (χ3v) is 3.67. The van der Waals surface area contributed by atoms with Crippen molar-refractivity contribution in [1.82, 2.24) is 15.3 Å². The summed E-state index contributed by atoms with van der Waals surface area (Å²) in [6.07, 6.45) is 8.56. The van der Waals surface area contributed by atoms with Gasteiger partial charge >= 0.3 is 0 Å². The van der Waals surface area contributed by atoms with Gasteiger partial charge in [0.1, 0.15) is 5.82 Å². The Balaban J connectivity index is 1.95. The van der Waals surface area contributed by atoms with Crippen molar-refractivity contribution in [2.24, 2.45) is 0 Å². The summed E-state index contributed by atoms with van der Waals surface area (Å²) in [4.78, 5) is 22.7. The van der Waals surface area contributed by atoms with E-state index >= 15 is 0 Å². The molecule has 2 aromatic heterocycles. The third kappa shape index (κ3) is 5.50. The zero-order valence-electron chi connectivity index (χ0n) is 14.3. The van der Waals surface area contributed by atoms with E-state index in [4.69, 9.17) is 0 Å². The van der Waals surface area contributed by atoms with Crippen LogP contribution in [0.25, 0.3) is 0 Å². The molecule has 0 aromatic carbocycles. The van der Waals surface area contributed by atoms with Crippen molar-refractivity contribution in [2.75, 3.05) is 18.5 Å². The summed E-state index contributed by atoms with van der Waals surface area (Å²) < 4.78 is 0. The van der Waals surface area contributed by atoms with E-state index in [1.54, 1.807) is 6.20 Å². The predicted octanol–water partition coefficient (Wildman–Crippen LogP) is 2.74. The van der Waals surface area contributed by atoms with Crippen molar-refractivity contribution >= 4 is 11.7 Å². The number of rotatable bonds is 8. The topological polar surface area (TPSA) is 58.1 Å². The Bertz CT molecular complexity index is 670. The molecule has 2 heterocycles. The van der Waals surface area contributed by atoms with Crippen LogP contribution >= 0.6 is 0 Å². The molecule has 2 aromatic rings. The standard InChI is InChI=1S/C19H24N4O/c1-3-4-10-18(24)22-15-16-8-7-13-21-19(16)23(2)14-11-17-9-5-6-12-20-17/h3-9,12-13H,10-11,14-15H2,1-2H3,(H,22,24)/b4-3+. The quantitative estimate of drug-likeness (QED) is 0.759. The molecule has 2 rings (SSSR count). The molecule has 1 N–H and O–H groups in total. The summed E-state index contributed by atoms with van der Waals surface area (Å²) in [5.41, 5.74) is 2.07. The van der Waals surface area contributed by atoms with E-state index in [9.17, 15) is 4.79 Å². The van der Waals surface area contributed by atoms with Crippen molar-refractivity contribution < 1.29 is 4.79 Å². The number of amides is 1. The van der Waals surface area contributed by atoms with Gasteiger partial charge in [-0.05, 0) is 25.1 Å². The number of pyridine rings is 2. The van der Waals surface area contributed by atoms with Crippen molar-refractivity contribution in [3.8, 4) is 0 Å². The largest absolute Gasteiger partial charge is 0.359 e. The van der Waals surface area contributed by atoms with E-state index in [1.807, 2.05) is 62.7 Å². The minimum atomic E-state index is 0.0130. The number of likely N-dealkylation sites (N-methyl/N-ethyl adjacent to an activating group) is 1. The lowest BCUT2D eigenvalue weighted by Crippen LogP contribution is -2.26. The molecule has 24 heavy (non-hydrogen) atoms. The molecule has 0 bridgehead atoms. The number of hydrogen-bond donors (Lipinski definition) is 1. The molecular formula is C19H24N4O. The van der Waals surface area contributed by atoms with Gasteiger partial charge in [-0.15, -0.1) is 0 Å². The summed E-state index contributed by atoms with van der Waals surface area (Å²) in [6.45, 7) is 3.20. The van der Waals surface area contributed by atoms with Gasteiger partial charge < -0.3 is 10.2 Å². The van der Waals surface area contributed by atoms with Crippen LogP contribution in [0.3, 0.4) is 0 Å². The lowest BCUT2D eigenvalue weighted by Gasteiger charge is -2.21. The summed E-state index contributed by atoms with van der Waals surface area (Å²) in [6, 6.07) is 9.82. The van der Waals surface area contributed by atoms with Crippen molar-refractivity contribution in [2.45, 2.75) is 26.3 Å². The number of carbonyl (C=O) groups excluding carboxylic acids is 1. The number of carbonyl (C=O) groups is 1. The van der Waals surface area contributed by atoms with Crippen LogP contribution in [-0.2, 0) is 17.8 Å². The minimum Gasteiger partial charge on any atom is -0.359 e. The second-order valence-corrected chi connectivity index (χ2v) is 5.53. The van der Waals surface area contributed by atoms with Crippen LogP contribution in [0.1, 0.15) is 24.6 Å². The van der Waals surface area contributed by atoms with Gasteiger partial charge in [-0.25, -0.2) is 4.98 Å². The normalized spacial score (nSPS) is 10.8. The first kappa shape index (κ1) is 17.7. The van der Waals surface area contributed by atoms with Crippen molar-refractivity contribution in [1.29, 1.82) is 0 Å². The molecule has 0 aliphatic heterocycles. The second kappa shape index (κ2) is 9.45. The lowest BCUT2D eigenvalue weighted by molar-refractivity contribution is -0.120. The molecule has 1 amide bonds. The highest BCUT2D eigenvalue weighted by Crippen LogP contribution is 2.16. The highest BCUT2D eigenvalue weighted by atomic mass is 16.1. The average molecular weight is 324 g/mol. The van der Waals surface area contributed by atoms with Gasteiger partial charge in [-0.1, -0.05) is 24.3 Å². The van der Waals surface area contributed by atoms with Crippen molar-refractivity contribution in [3.05, 3.63) is 66.1 Å². The Labute approximate surface area is 143 Å². The second-order valence-electron chi connectivity index (χ2n) is 5.53. The van der Waals surface area contributed by atoms with Crippen molar-refractivity contribution in [3.63, 3.8) is 0 Å². The van der Waals surface area contributed by atoms with E-state index < -0.39 is 0 Å². The monoisotopic (exact) mass is 324 g/mol. The minimum absolute atomic E-state index is 0.0130. The average Bonchev–Trinajstić information content (AvgIpc) is 2.63. The van der Waals surface area contributed by atoms with E-state index in [-0.39, 0.29) is 5.91 Å². The Morgan fingerprint density at radius 2 is 2.04 bits per heavy atom. The van der Waals surface area contributed by atoms with E-state index in [2.05, 4.69) is 20.2 Å². The maximum absolute atomic E-state index is 11.8. The molecule has 126 valence electrons. The van der Waals surface area contributed by atoms with Crippen LogP contribution in [0.15, 0.2) is 54.9 Å². The van der Waals surface area contributed by atoms with Gasteiger partial charge in [-0.3, -0.25) is 9.78 Å². The van der Waals surface area contributed by atoms with Gasteiger partial charge in [0, 0.05) is 56.6 Å². The zero-order chi connectivity index (χ0) is 17.2. The fraction of sp³-hybridized carbons (Fsp3) is 0.316. The summed E-state index contributed by atoms with van der Waals surface area (Å²) in [5.74, 6) is 0.902. The van der Waals surface area contributed by atoms with Crippen LogP contribution in [0.2, 0.25) is 0 Å². The molecule has 5 heteroatoms. The van der Waals surface area contributed by atoms with Crippen LogP contribution in [-0.4, -0.2) is 29.5 Å². The Morgan fingerprint density at radius 3 is 2.79 bits per heavy atom. The molecule has 5 nitrogen and oxygen atoms in total. The number of hydrogen-bond acceptors (Lipinski definition) is 4. The highest BCUT2D eigenvalue weighted by molar-refractivity contribution is 5.77. The fourth-order valence-corrected chi connectivity index (χ4v) is 2.34. The number of aromatic nitrogens is 2. The summed E-state index contributed by atoms with van der Waals surface area (Å²) in [5, 5.41) is 2.93. The molecule has 0 saturated carbocycles. The fourth-order valence-electron chi connectivity index (χ4n) is 2.34. The van der Waals surface area contributed by atoms with Gasteiger partial charge in [-0.2, -0.15) is 0 Å². The first-order valence-electron chi connectivity index (χ1n) is 8.13. The highest BCUT2D eigenvalue weighted by Gasteiger charge is 2.10. The molecular weight excluding hydrogens is 300 g/mol. The van der Waals surface area contributed by atoms with Gasteiger partial charge in [0.15, 0.2) is 0 Å². The first-order valence-corrected chi connectivity index (χ1v) is 8.13. The maximum Gasteiger partial charge on any atom is 0.224 e. The van der Waals surface area contributed by atoms with Crippen LogP contribution in [0.5, 0.6) is 0 Å². The smallest absolute Gasteiger partial charge is 0.224 e. The molecule has 0 aliphatic rings. The van der Waals surface area contributed by atoms with Crippen LogP contribution < -0.4 is 10.2 Å². The molecule has 0 unspecified atom stereocenters. The maximum atomic E-state index is 11.8. The number of anilines is 1. The van der Waals surface area contributed by atoms with Gasteiger partial charge in [0.25, 0.3) is 0 Å². The summed E-state index contributed by atoms with van der Waals surface area (Å²) >= 11 is 0. The molecule has 0 spiro atoms. The Morgan fingerprint density at radius 1 is 1.21 bits per heavy atom. The Kier molecular flexibility index (Phi) is 6.95. The first-order chi connectivity index (χ1) is 11.7. The van der Waals surface area contributed by atoms with E-state index in [0.29, 0.717) is 13.0 Å². The Hall–Kier alpha value is -2.69. The number of nitrogens with zero attached hydrogens (tertiary/aromatic N) is 3. The third-order valence-electron chi connectivity index (χ3n) is 3.67. The van der Waals surface area contributed by atoms with E-state index in [0.717, 1.165) is 30.0 Å². The number of allylic oxidation sites excluding steroid dienone is 1. The molecule has 0 saturated heterocycles. The van der Waals surface area contributed by atoms with Gasteiger partial charge in [0.2, 0.25) is 5.91 Å². The number of nitrogens with one attached hydrogen (secondary N) is 1. The summed E-state index contributed by atoms with van der Waals surface area (Å²) in [7, 11) is 2.01.